The zero-order valence-corrected chi connectivity index (χ0v) is 15.9. The van der Waals surface area contributed by atoms with Crippen LogP contribution in [-0.4, -0.2) is 27.7 Å². The van der Waals surface area contributed by atoms with Crippen molar-refractivity contribution in [2.45, 2.75) is 24.7 Å². The predicted octanol–water partition coefficient (Wildman–Crippen LogP) is 3.92. The van der Waals surface area contributed by atoms with E-state index in [0.29, 0.717) is 11.7 Å². The Morgan fingerprint density at radius 1 is 1.27 bits per heavy atom. The van der Waals surface area contributed by atoms with Gasteiger partial charge >= 0.3 is 0 Å². The monoisotopic (exact) mass is 387 g/mol. The van der Waals surface area contributed by atoms with E-state index in [1.165, 1.54) is 28.8 Å². The van der Waals surface area contributed by atoms with Crippen molar-refractivity contribution in [1.82, 2.24) is 14.9 Å². The molecular weight excluding hydrogens is 369 g/mol. The fourth-order valence-corrected chi connectivity index (χ4v) is 4.59. The van der Waals surface area contributed by atoms with Crippen LogP contribution in [0.1, 0.15) is 16.1 Å². The molecule has 1 N–H and O–H groups in total. The van der Waals surface area contributed by atoms with Gasteiger partial charge in [0.25, 0.3) is 5.56 Å². The second-order valence-corrected chi connectivity index (χ2v) is 8.20. The first kappa shape index (κ1) is 17.5. The average molecular weight is 388 g/mol. The second kappa shape index (κ2) is 7.34. The van der Waals surface area contributed by atoms with Gasteiger partial charge in [-0.25, -0.2) is 9.37 Å². The number of halogens is 1. The maximum absolute atomic E-state index is 13.1. The summed E-state index contributed by atoms with van der Waals surface area (Å²) in [5.74, 6) is -0.221. The van der Waals surface area contributed by atoms with Crippen molar-refractivity contribution in [3.05, 3.63) is 68.7 Å². The first-order valence-electron chi connectivity index (χ1n) is 8.35. The van der Waals surface area contributed by atoms with Crippen molar-refractivity contribution in [3.8, 4) is 10.4 Å². The molecule has 0 unspecified atom stereocenters. The van der Waals surface area contributed by atoms with E-state index in [0.717, 1.165) is 41.2 Å². The minimum atomic E-state index is -0.221. The number of rotatable bonds is 4. The molecule has 134 valence electrons. The Hall–Kier alpha value is -1.96. The van der Waals surface area contributed by atoms with Crippen molar-refractivity contribution in [1.29, 1.82) is 0 Å². The number of thioether (sulfide) groups is 1. The van der Waals surface area contributed by atoms with Crippen molar-refractivity contribution in [3.63, 3.8) is 0 Å². The zero-order chi connectivity index (χ0) is 18.1. The Kier molecular flexibility index (Phi) is 4.93. The highest BCUT2D eigenvalue weighted by Gasteiger charge is 2.21. The standard InChI is InChI=1S/C19H18FN3OS2/c1-25-19-21-16-8-9-23(11-15(16)18(24)22-19)10-14-6-7-17(26-14)12-2-4-13(20)5-3-12/h2-7H,8-11H2,1H3,(H,21,22,24). The highest BCUT2D eigenvalue weighted by molar-refractivity contribution is 7.98. The molecule has 0 radical (unpaired) electrons. The number of H-pyrrole nitrogens is 1. The Morgan fingerprint density at radius 3 is 2.85 bits per heavy atom. The Balaban J connectivity index is 1.49. The highest BCUT2D eigenvalue weighted by atomic mass is 32.2. The minimum Gasteiger partial charge on any atom is -0.301 e. The molecule has 1 aliphatic rings. The molecule has 2 aromatic heterocycles. The van der Waals surface area contributed by atoms with Crippen molar-refractivity contribution < 1.29 is 4.39 Å². The van der Waals surface area contributed by atoms with E-state index in [1.54, 1.807) is 23.5 Å². The summed E-state index contributed by atoms with van der Waals surface area (Å²) in [5, 5.41) is 0.685. The molecule has 3 aromatic rings. The van der Waals surface area contributed by atoms with E-state index >= 15 is 0 Å². The van der Waals surface area contributed by atoms with E-state index in [1.807, 2.05) is 6.26 Å². The number of nitrogens with zero attached hydrogens (tertiary/aromatic N) is 2. The van der Waals surface area contributed by atoms with E-state index in [4.69, 9.17) is 0 Å². The minimum absolute atomic E-state index is 0.0257. The highest BCUT2D eigenvalue weighted by Crippen LogP contribution is 2.29. The van der Waals surface area contributed by atoms with Crippen molar-refractivity contribution >= 4 is 23.1 Å². The quantitative estimate of drug-likeness (QED) is 0.545. The second-order valence-electron chi connectivity index (χ2n) is 6.23. The lowest BCUT2D eigenvalue weighted by Gasteiger charge is -2.27. The Bertz CT molecular complexity index is 981. The van der Waals surface area contributed by atoms with E-state index in [2.05, 4.69) is 27.0 Å². The summed E-state index contributed by atoms with van der Waals surface area (Å²) < 4.78 is 13.1. The summed E-state index contributed by atoms with van der Waals surface area (Å²) in [6, 6.07) is 10.8. The molecule has 0 spiro atoms. The third-order valence-electron chi connectivity index (χ3n) is 4.49. The van der Waals surface area contributed by atoms with Gasteiger partial charge in [-0.05, 0) is 36.1 Å². The maximum atomic E-state index is 13.1. The molecule has 1 aliphatic heterocycles. The van der Waals surface area contributed by atoms with Crippen LogP contribution < -0.4 is 5.56 Å². The average Bonchev–Trinajstić information content (AvgIpc) is 3.11. The smallest absolute Gasteiger partial charge is 0.256 e. The number of fused-ring (bicyclic) bond motifs is 1. The van der Waals surface area contributed by atoms with Gasteiger partial charge in [0, 0.05) is 35.8 Å². The van der Waals surface area contributed by atoms with E-state index in [-0.39, 0.29) is 11.4 Å². The molecule has 0 bridgehead atoms. The number of thiophene rings is 1. The third-order valence-corrected chi connectivity index (χ3v) is 6.19. The molecule has 0 saturated carbocycles. The number of hydrogen-bond acceptors (Lipinski definition) is 5. The van der Waals surface area contributed by atoms with Crippen LogP contribution in [-0.2, 0) is 19.5 Å². The van der Waals surface area contributed by atoms with Crippen LogP contribution in [0.25, 0.3) is 10.4 Å². The third kappa shape index (κ3) is 3.60. The molecule has 0 fully saturated rings. The van der Waals surface area contributed by atoms with Gasteiger partial charge in [-0.3, -0.25) is 9.69 Å². The molecule has 1 aromatic carbocycles. The molecule has 0 aliphatic carbocycles. The number of benzene rings is 1. The molecule has 7 heteroatoms. The van der Waals surface area contributed by atoms with Crippen molar-refractivity contribution in [2.24, 2.45) is 0 Å². The number of aromatic nitrogens is 2. The van der Waals surface area contributed by atoms with Crippen LogP contribution >= 0.6 is 23.1 Å². The lowest BCUT2D eigenvalue weighted by Crippen LogP contribution is -2.35. The van der Waals surface area contributed by atoms with E-state index < -0.39 is 0 Å². The summed E-state index contributed by atoms with van der Waals surface area (Å²) in [6.45, 7) is 2.31. The summed E-state index contributed by atoms with van der Waals surface area (Å²) in [5.41, 5.74) is 2.70. The lowest BCUT2D eigenvalue weighted by atomic mass is 10.1. The fraction of sp³-hybridized carbons (Fsp3) is 0.263. The lowest BCUT2D eigenvalue weighted by molar-refractivity contribution is 0.243. The molecule has 0 amide bonds. The number of nitrogens with one attached hydrogen (secondary N) is 1. The van der Waals surface area contributed by atoms with Gasteiger partial charge in [0.2, 0.25) is 0 Å². The van der Waals surface area contributed by atoms with Crippen LogP contribution in [0.15, 0.2) is 46.3 Å². The molecule has 4 nitrogen and oxygen atoms in total. The largest absolute Gasteiger partial charge is 0.301 e. The summed E-state index contributed by atoms with van der Waals surface area (Å²) >= 11 is 3.17. The molecule has 26 heavy (non-hydrogen) atoms. The molecule has 3 heterocycles. The van der Waals surface area contributed by atoms with Crippen LogP contribution in [0, 0.1) is 5.82 Å². The Labute approximate surface area is 159 Å². The predicted molar refractivity (Wildman–Crippen MR) is 104 cm³/mol. The van der Waals surface area contributed by atoms with Crippen molar-refractivity contribution in [2.75, 3.05) is 12.8 Å². The molecule has 4 rings (SSSR count). The first-order valence-corrected chi connectivity index (χ1v) is 10.4. The molecular formula is C19H18FN3OS2. The summed E-state index contributed by atoms with van der Waals surface area (Å²) in [6.07, 6.45) is 2.71. The van der Waals surface area contributed by atoms with Gasteiger partial charge in [0.05, 0.1) is 11.3 Å². The SMILES string of the molecule is CSc1nc2c(c(=O)[nH]1)CN(Cc1ccc(-c3ccc(F)cc3)s1)CC2. The fourth-order valence-electron chi connectivity index (χ4n) is 3.14. The summed E-state index contributed by atoms with van der Waals surface area (Å²) in [7, 11) is 0. The van der Waals surface area contributed by atoms with E-state index in [9.17, 15) is 9.18 Å². The normalized spacial score (nSPS) is 14.4. The van der Waals surface area contributed by atoms with Crippen LogP contribution in [0.4, 0.5) is 4.39 Å². The zero-order valence-electron chi connectivity index (χ0n) is 14.3. The van der Waals surface area contributed by atoms with Gasteiger partial charge in [-0.15, -0.1) is 11.3 Å². The summed E-state index contributed by atoms with van der Waals surface area (Å²) in [4.78, 5) is 24.3. The molecule has 0 atom stereocenters. The van der Waals surface area contributed by atoms with Gasteiger partial charge in [0.15, 0.2) is 5.16 Å². The van der Waals surface area contributed by atoms with Crippen LogP contribution in [0.5, 0.6) is 0 Å². The number of hydrogen-bond donors (Lipinski definition) is 1. The number of aromatic amines is 1. The van der Waals surface area contributed by atoms with Gasteiger partial charge in [0.1, 0.15) is 5.82 Å². The topological polar surface area (TPSA) is 49.0 Å². The van der Waals surface area contributed by atoms with Crippen LogP contribution in [0.3, 0.4) is 0 Å². The molecule has 0 saturated heterocycles. The van der Waals surface area contributed by atoms with Crippen LogP contribution in [0.2, 0.25) is 0 Å². The first-order chi connectivity index (χ1) is 12.6. The maximum Gasteiger partial charge on any atom is 0.256 e. The van der Waals surface area contributed by atoms with Gasteiger partial charge in [-0.2, -0.15) is 0 Å². The van der Waals surface area contributed by atoms with Gasteiger partial charge in [-0.1, -0.05) is 23.9 Å². The Morgan fingerprint density at radius 2 is 2.08 bits per heavy atom. The van der Waals surface area contributed by atoms with Gasteiger partial charge < -0.3 is 4.98 Å².